The molecular weight excluding hydrogens is 411 g/mol. The Bertz CT molecular complexity index is 681. The Hall–Kier alpha value is -1.37. The lowest BCUT2D eigenvalue weighted by Gasteiger charge is -2.11. The van der Waals surface area contributed by atoms with Crippen LogP contribution < -0.4 is 10.6 Å². The number of aliphatic imine (C=N–C) groups is 1. The average molecular weight is 438 g/mol. The highest BCUT2D eigenvalue weighted by Crippen LogP contribution is 2.34. The van der Waals surface area contributed by atoms with Crippen LogP contribution in [0.25, 0.3) is 10.9 Å². The van der Waals surface area contributed by atoms with Gasteiger partial charge in [0.05, 0.1) is 12.1 Å². The molecule has 1 aromatic heterocycles. The molecule has 3 rings (SSSR count). The molecule has 0 saturated heterocycles. The van der Waals surface area contributed by atoms with Crippen molar-refractivity contribution in [2.45, 2.75) is 45.7 Å². The summed E-state index contributed by atoms with van der Waals surface area (Å²) < 4.78 is 0. The Morgan fingerprint density at radius 2 is 2.08 bits per heavy atom. The summed E-state index contributed by atoms with van der Waals surface area (Å²) in [6.45, 7) is 5.91. The van der Waals surface area contributed by atoms with Crippen molar-refractivity contribution in [3.05, 3.63) is 42.1 Å². The van der Waals surface area contributed by atoms with Crippen LogP contribution in [0, 0.1) is 5.92 Å². The van der Waals surface area contributed by atoms with Crippen LogP contribution >= 0.6 is 24.0 Å². The highest BCUT2D eigenvalue weighted by Gasteiger charge is 2.36. The topological polar surface area (TPSA) is 49.3 Å². The quantitative estimate of drug-likeness (QED) is 0.406. The van der Waals surface area contributed by atoms with E-state index in [1.165, 1.54) is 30.2 Å². The van der Waals surface area contributed by atoms with Gasteiger partial charge in [0.1, 0.15) is 0 Å². The lowest BCUT2D eigenvalue weighted by Crippen LogP contribution is -2.39. The molecule has 0 bridgehead atoms. The van der Waals surface area contributed by atoms with Crippen molar-refractivity contribution in [1.82, 2.24) is 15.6 Å². The maximum absolute atomic E-state index is 4.78. The van der Waals surface area contributed by atoms with Crippen LogP contribution in [0.2, 0.25) is 0 Å². The molecule has 130 valence electrons. The monoisotopic (exact) mass is 438 g/mol. The fourth-order valence-corrected chi connectivity index (χ4v) is 3.07. The minimum absolute atomic E-state index is 0. The fraction of sp³-hybridized carbons (Fsp3) is 0.474. The predicted molar refractivity (Wildman–Crippen MR) is 112 cm³/mol. The SMILES string of the molecule is CCCC1CC1NC(=NCc1ccnc2ccccc12)NCC.I. The molecule has 1 fully saturated rings. The van der Waals surface area contributed by atoms with Crippen molar-refractivity contribution < 1.29 is 0 Å². The molecule has 2 atom stereocenters. The molecule has 1 aromatic carbocycles. The van der Waals surface area contributed by atoms with Gasteiger partial charge in [-0.2, -0.15) is 0 Å². The molecular formula is C19H27IN4. The number of fused-ring (bicyclic) bond motifs is 1. The third-order valence-electron chi connectivity index (χ3n) is 4.40. The highest BCUT2D eigenvalue weighted by molar-refractivity contribution is 14.0. The molecule has 0 radical (unpaired) electrons. The number of guanidine groups is 1. The smallest absolute Gasteiger partial charge is 0.191 e. The van der Waals surface area contributed by atoms with Gasteiger partial charge in [-0.3, -0.25) is 4.98 Å². The summed E-state index contributed by atoms with van der Waals surface area (Å²) in [5.74, 6) is 1.75. The Balaban J connectivity index is 0.00000208. The van der Waals surface area contributed by atoms with E-state index in [1.54, 1.807) is 0 Å². The Morgan fingerprint density at radius 3 is 2.88 bits per heavy atom. The van der Waals surface area contributed by atoms with Gasteiger partial charge in [-0.15, -0.1) is 24.0 Å². The van der Waals surface area contributed by atoms with E-state index in [-0.39, 0.29) is 24.0 Å². The van der Waals surface area contributed by atoms with Crippen LogP contribution in [0.3, 0.4) is 0 Å². The maximum atomic E-state index is 4.78. The standard InChI is InChI=1S/C19H26N4.HI/c1-3-7-14-12-18(14)23-19(20-4-2)22-13-15-10-11-21-17-9-6-5-8-16(15)17;/h5-6,8-11,14,18H,3-4,7,12-13H2,1-2H3,(H2,20,22,23);1H. The summed E-state index contributed by atoms with van der Waals surface area (Å²) >= 11 is 0. The van der Waals surface area contributed by atoms with Crippen molar-refractivity contribution in [3.63, 3.8) is 0 Å². The molecule has 0 spiro atoms. The van der Waals surface area contributed by atoms with E-state index in [0.29, 0.717) is 12.6 Å². The van der Waals surface area contributed by atoms with E-state index in [2.05, 4.69) is 47.7 Å². The van der Waals surface area contributed by atoms with Crippen LogP contribution in [0.1, 0.15) is 38.7 Å². The van der Waals surface area contributed by atoms with Gasteiger partial charge in [0.15, 0.2) is 5.96 Å². The summed E-state index contributed by atoms with van der Waals surface area (Å²) in [6, 6.07) is 10.9. The zero-order chi connectivity index (χ0) is 16.1. The van der Waals surface area contributed by atoms with Crippen LogP contribution in [0.5, 0.6) is 0 Å². The van der Waals surface area contributed by atoms with Gasteiger partial charge in [0.25, 0.3) is 0 Å². The van der Waals surface area contributed by atoms with Gasteiger partial charge in [-0.05, 0) is 43.4 Å². The molecule has 5 heteroatoms. The van der Waals surface area contributed by atoms with Crippen molar-refractivity contribution in [3.8, 4) is 0 Å². The number of hydrogen-bond acceptors (Lipinski definition) is 2. The molecule has 2 aromatic rings. The van der Waals surface area contributed by atoms with Crippen molar-refractivity contribution in [2.75, 3.05) is 6.54 Å². The zero-order valence-corrected chi connectivity index (χ0v) is 16.8. The lowest BCUT2D eigenvalue weighted by molar-refractivity contribution is 0.655. The Kier molecular flexibility index (Phi) is 7.27. The van der Waals surface area contributed by atoms with Crippen LogP contribution in [-0.2, 0) is 6.54 Å². The second-order valence-corrected chi connectivity index (χ2v) is 6.22. The number of aromatic nitrogens is 1. The number of benzene rings is 1. The van der Waals surface area contributed by atoms with Gasteiger partial charge < -0.3 is 10.6 Å². The summed E-state index contributed by atoms with van der Waals surface area (Å²) in [7, 11) is 0. The number of nitrogens with one attached hydrogen (secondary N) is 2. The van der Waals surface area contributed by atoms with Crippen molar-refractivity contribution >= 4 is 40.8 Å². The molecule has 0 amide bonds. The molecule has 2 N–H and O–H groups in total. The van der Waals surface area contributed by atoms with E-state index in [9.17, 15) is 0 Å². The van der Waals surface area contributed by atoms with Crippen molar-refractivity contribution in [1.29, 1.82) is 0 Å². The molecule has 1 aliphatic rings. The number of rotatable bonds is 6. The second kappa shape index (κ2) is 9.20. The first-order valence-electron chi connectivity index (χ1n) is 8.69. The third kappa shape index (κ3) is 4.82. The first kappa shape index (κ1) is 19.0. The average Bonchev–Trinajstić information content (AvgIpc) is 3.31. The molecule has 24 heavy (non-hydrogen) atoms. The van der Waals surface area contributed by atoms with Gasteiger partial charge in [0, 0.05) is 24.2 Å². The molecule has 4 nitrogen and oxygen atoms in total. The fourth-order valence-electron chi connectivity index (χ4n) is 3.07. The number of hydrogen-bond donors (Lipinski definition) is 2. The number of para-hydroxylation sites is 1. The van der Waals surface area contributed by atoms with Gasteiger partial charge >= 0.3 is 0 Å². The largest absolute Gasteiger partial charge is 0.357 e. The first-order chi connectivity index (χ1) is 11.3. The van der Waals surface area contributed by atoms with E-state index in [0.717, 1.165) is 23.9 Å². The summed E-state index contributed by atoms with van der Waals surface area (Å²) in [4.78, 5) is 9.19. The normalized spacial score (nSPS) is 19.7. The molecule has 0 aliphatic heterocycles. The number of halogens is 1. The number of nitrogens with zero attached hydrogens (tertiary/aromatic N) is 2. The minimum Gasteiger partial charge on any atom is -0.357 e. The minimum atomic E-state index is 0. The molecule has 1 heterocycles. The third-order valence-corrected chi connectivity index (χ3v) is 4.40. The Labute approximate surface area is 161 Å². The van der Waals surface area contributed by atoms with E-state index in [4.69, 9.17) is 4.99 Å². The van der Waals surface area contributed by atoms with Crippen LogP contribution in [0.4, 0.5) is 0 Å². The van der Waals surface area contributed by atoms with Gasteiger partial charge in [-0.25, -0.2) is 4.99 Å². The zero-order valence-electron chi connectivity index (χ0n) is 14.5. The van der Waals surface area contributed by atoms with Crippen LogP contribution in [0.15, 0.2) is 41.5 Å². The molecule has 1 aliphatic carbocycles. The summed E-state index contributed by atoms with van der Waals surface area (Å²) in [5.41, 5.74) is 2.25. The first-order valence-corrected chi connectivity index (χ1v) is 8.69. The highest BCUT2D eigenvalue weighted by atomic mass is 127. The summed E-state index contributed by atoms with van der Waals surface area (Å²) in [6.07, 6.45) is 5.72. The predicted octanol–water partition coefficient (Wildman–Crippen LogP) is 4.10. The maximum Gasteiger partial charge on any atom is 0.191 e. The van der Waals surface area contributed by atoms with E-state index >= 15 is 0 Å². The summed E-state index contributed by atoms with van der Waals surface area (Å²) in [5, 5.41) is 8.11. The molecule has 2 unspecified atom stereocenters. The molecule has 1 saturated carbocycles. The number of pyridine rings is 1. The van der Waals surface area contributed by atoms with E-state index < -0.39 is 0 Å². The van der Waals surface area contributed by atoms with Gasteiger partial charge in [-0.1, -0.05) is 31.5 Å². The Morgan fingerprint density at radius 1 is 1.25 bits per heavy atom. The van der Waals surface area contributed by atoms with Crippen molar-refractivity contribution in [2.24, 2.45) is 10.9 Å². The second-order valence-electron chi connectivity index (χ2n) is 6.22. The van der Waals surface area contributed by atoms with Crippen LogP contribution in [-0.4, -0.2) is 23.5 Å². The lowest BCUT2D eigenvalue weighted by atomic mass is 10.1. The van der Waals surface area contributed by atoms with Gasteiger partial charge in [0.2, 0.25) is 0 Å². The van der Waals surface area contributed by atoms with E-state index in [1.807, 2.05) is 18.3 Å².